The summed E-state index contributed by atoms with van der Waals surface area (Å²) in [7, 11) is 0. The van der Waals surface area contributed by atoms with Gasteiger partial charge in [-0.15, -0.1) is 0 Å². The molecule has 0 spiro atoms. The van der Waals surface area contributed by atoms with Crippen molar-refractivity contribution in [3.05, 3.63) is 95.8 Å². The van der Waals surface area contributed by atoms with Gasteiger partial charge in [-0.25, -0.2) is 14.9 Å². The zero-order chi connectivity index (χ0) is 29.3. The molecule has 214 valence electrons. The lowest BCUT2D eigenvalue weighted by Gasteiger charge is -2.31. The molecule has 2 unspecified atom stereocenters. The molecule has 4 aromatic rings. The van der Waals surface area contributed by atoms with Gasteiger partial charge in [0.1, 0.15) is 6.61 Å². The topological polar surface area (TPSA) is 121 Å². The normalized spacial score (nSPS) is 19.7. The second-order valence-corrected chi connectivity index (χ2v) is 10.7. The smallest absolute Gasteiger partial charge is 0.247 e. The summed E-state index contributed by atoms with van der Waals surface area (Å²) >= 11 is 0. The fourth-order valence-corrected chi connectivity index (χ4v) is 5.78. The van der Waals surface area contributed by atoms with Crippen LogP contribution in [0, 0.1) is 17.2 Å². The van der Waals surface area contributed by atoms with Gasteiger partial charge in [0.2, 0.25) is 17.7 Å². The van der Waals surface area contributed by atoms with Crippen LogP contribution in [-0.2, 0) is 27.4 Å². The summed E-state index contributed by atoms with van der Waals surface area (Å²) in [6.07, 6.45) is 0.268. The van der Waals surface area contributed by atoms with Gasteiger partial charge in [-0.3, -0.25) is 19.6 Å². The molecule has 3 N–H and O–H groups in total. The van der Waals surface area contributed by atoms with Crippen LogP contribution in [-0.4, -0.2) is 52.4 Å². The molecular weight excluding hydrogens is 539 g/mol. The minimum absolute atomic E-state index is 0.0504. The number of halogens is 1. The van der Waals surface area contributed by atoms with Crippen molar-refractivity contribution in [2.75, 3.05) is 19.6 Å². The molecule has 9 nitrogen and oxygen atoms in total. The van der Waals surface area contributed by atoms with Crippen molar-refractivity contribution >= 4 is 28.6 Å². The third-order valence-electron chi connectivity index (χ3n) is 8.02. The van der Waals surface area contributed by atoms with Gasteiger partial charge in [-0.05, 0) is 42.7 Å². The van der Waals surface area contributed by atoms with Crippen LogP contribution in [0.15, 0.2) is 78.9 Å². The maximum absolute atomic E-state index is 15.3. The number of benzene rings is 3. The highest BCUT2D eigenvalue weighted by atomic mass is 19.1. The summed E-state index contributed by atoms with van der Waals surface area (Å²) in [6.45, 7) is 0.635. The van der Waals surface area contributed by atoms with Crippen LogP contribution < -0.4 is 15.5 Å². The minimum Gasteiger partial charge on any atom is -0.486 e. The van der Waals surface area contributed by atoms with E-state index in [1.54, 1.807) is 11.5 Å². The van der Waals surface area contributed by atoms with Crippen molar-refractivity contribution in [3.8, 4) is 17.0 Å². The summed E-state index contributed by atoms with van der Waals surface area (Å²) in [5.41, 5.74) is 4.38. The maximum atomic E-state index is 15.3. The first-order valence-corrected chi connectivity index (χ1v) is 13.7. The van der Waals surface area contributed by atoms with E-state index in [4.69, 9.17) is 9.72 Å². The molecule has 1 saturated carbocycles. The zero-order valence-electron chi connectivity index (χ0n) is 22.7. The minimum atomic E-state index is -1.16. The second-order valence-electron chi connectivity index (χ2n) is 10.7. The first kappa shape index (κ1) is 27.3. The molecule has 1 aliphatic heterocycles. The van der Waals surface area contributed by atoms with E-state index in [1.165, 1.54) is 17.0 Å². The summed E-state index contributed by atoms with van der Waals surface area (Å²) in [4.78, 5) is 43.8. The highest BCUT2D eigenvalue weighted by molar-refractivity contribution is 5.97. The van der Waals surface area contributed by atoms with E-state index in [0.717, 1.165) is 27.7 Å². The number of hydrogen-bond acceptors (Lipinski definition) is 6. The number of hydroxylamine groups is 1. The van der Waals surface area contributed by atoms with Gasteiger partial charge in [-0.2, -0.15) is 0 Å². The van der Waals surface area contributed by atoms with Crippen molar-refractivity contribution in [1.29, 1.82) is 0 Å². The van der Waals surface area contributed by atoms with Crippen molar-refractivity contribution in [1.82, 2.24) is 20.7 Å². The number of nitrogens with zero attached hydrogens (tertiary/aromatic N) is 2. The fourth-order valence-electron chi connectivity index (χ4n) is 5.78. The van der Waals surface area contributed by atoms with Crippen LogP contribution in [0.25, 0.3) is 22.2 Å². The highest BCUT2D eigenvalue weighted by Crippen LogP contribution is 2.56. The Labute approximate surface area is 241 Å². The Morgan fingerprint density at radius 3 is 2.64 bits per heavy atom. The molecule has 6 rings (SSSR count). The Hall–Kier alpha value is -4.83. The third kappa shape index (κ3) is 5.28. The molecule has 1 saturated heterocycles. The lowest BCUT2D eigenvalue weighted by atomic mass is 9.91. The summed E-state index contributed by atoms with van der Waals surface area (Å²) in [6, 6.07) is 23.9. The average Bonchev–Trinajstić information content (AvgIpc) is 3.75. The van der Waals surface area contributed by atoms with Gasteiger partial charge in [0.05, 0.1) is 29.1 Å². The molecule has 3 aromatic carbocycles. The van der Waals surface area contributed by atoms with E-state index in [9.17, 15) is 19.6 Å². The number of para-hydroxylation sites is 1. The molecule has 3 amide bonds. The van der Waals surface area contributed by atoms with Gasteiger partial charge in [0.25, 0.3) is 0 Å². The number of rotatable bonds is 8. The molecule has 42 heavy (non-hydrogen) atoms. The molecule has 0 radical (unpaired) electrons. The number of carbonyl (C=O) groups is 3. The predicted octanol–water partition coefficient (Wildman–Crippen LogP) is 3.63. The molecule has 2 aliphatic rings. The van der Waals surface area contributed by atoms with Crippen LogP contribution >= 0.6 is 0 Å². The van der Waals surface area contributed by atoms with Crippen LogP contribution in [0.5, 0.6) is 5.75 Å². The van der Waals surface area contributed by atoms with E-state index in [2.05, 4.69) is 5.32 Å². The molecule has 0 bridgehead atoms. The van der Waals surface area contributed by atoms with E-state index in [-0.39, 0.29) is 43.6 Å². The number of piperazine rings is 1. The van der Waals surface area contributed by atoms with Crippen LogP contribution in [0.4, 0.5) is 4.39 Å². The predicted molar refractivity (Wildman–Crippen MR) is 152 cm³/mol. The molecule has 2 heterocycles. The third-order valence-corrected chi connectivity index (χ3v) is 8.02. The number of carbonyl (C=O) groups excluding carboxylic acids is 3. The average molecular weight is 569 g/mol. The van der Waals surface area contributed by atoms with Gasteiger partial charge < -0.3 is 15.0 Å². The number of pyridine rings is 1. The first-order valence-electron chi connectivity index (χ1n) is 13.7. The quantitative estimate of drug-likeness (QED) is 0.221. The van der Waals surface area contributed by atoms with Gasteiger partial charge in [0, 0.05) is 29.6 Å². The van der Waals surface area contributed by atoms with E-state index < -0.39 is 23.1 Å². The number of amides is 3. The summed E-state index contributed by atoms with van der Waals surface area (Å²) in [5, 5.41) is 12.8. The van der Waals surface area contributed by atoms with Crippen molar-refractivity contribution in [3.63, 3.8) is 0 Å². The van der Waals surface area contributed by atoms with E-state index in [1.807, 2.05) is 60.7 Å². The molecular formula is C32H29FN4O5. The fraction of sp³-hybridized carbons (Fsp3) is 0.250. The number of ether oxygens (including phenoxy) is 1. The van der Waals surface area contributed by atoms with Crippen LogP contribution in [0.2, 0.25) is 0 Å². The Bertz CT molecular complexity index is 1680. The molecule has 1 aliphatic carbocycles. The second kappa shape index (κ2) is 11.2. The van der Waals surface area contributed by atoms with Gasteiger partial charge in [-0.1, -0.05) is 54.6 Å². The van der Waals surface area contributed by atoms with Gasteiger partial charge in [0.15, 0.2) is 11.6 Å². The Balaban J connectivity index is 1.22. The Morgan fingerprint density at radius 2 is 1.88 bits per heavy atom. The van der Waals surface area contributed by atoms with Gasteiger partial charge >= 0.3 is 0 Å². The Kier molecular flexibility index (Phi) is 7.30. The van der Waals surface area contributed by atoms with Crippen LogP contribution in [0.3, 0.4) is 0 Å². The first-order chi connectivity index (χ1) is 20.4. The standard InChI is InChI=1S/C32H29FN4O5/c33-25-14-20(16-32(17-24(32)30(39)36-41)31(40)37-13-12-34-29(38)18-37)10-11-28(25)42-19-22-15-27(21-6-2-1-3-7-21)35-26-9-5-4-8-23(22)26/h1-11,14-15,24,41H,12-13,16-19H2,(H,34,38)(H,36,39). The van der Waals surface area contributed by atoms with Crippen molar-refractivity contribution in [2.24, 2.45) is 11.3 Å². The van der Waals surface area contributed by atoms with E-state index >= 15 is 4.39 Å². The Morgan fingerprint density at radius 1 is 1.10 bits per heavy atom. The van der Waals surface area contributed by atoms with Crippen molar-refractivity contribution in [2.45, 2.75) is 19.4 Å². The van der Waals surface area contributed by atoms with Crippen molar-refractivity contribution < 1.29 is 28.7 Å². The zero-order valence-corrected chi connectivity index (χ0v) is 22.7. The van der Waals surface area contributed by atoms with E-state index in [0.29, 0.717) is 18.7 Å². The SMILES string of the molecule is O=C1CN(C(=O)C2(Cc3ccc(OCc4cc(-c5ccccc5)nc5ccccc45)c(F)c3)CC2C(=O)NO)CCN1. The number of nitrogens with one attached hydrogen (secondary N) is 2. The number of fused-ring (bicyclic) bond motifs is 1. The molecule has 10 heteroatoms. The monoisotopic (exact) mass is 568 g/mol. The lowest BCUT2D eigenvalue weighted by Crippen LogP contribution is -2.53. The summed E-state index contributed by atoms with van der Waals surface area (Å²) < 4.78 is 21.3. The lowest BCUT2D eigenvalue weighted by molar-refractivity contribution is -0.145. The molecule has 2 atom stereocenters. The largest absolute Gasteiger partial charge is 0.486 e. The van der Waals surface area contributed by atoms with Crippen LogP contribution in [0.1, 0.15) is 17.5 Å². The maximum Gasteiger partial charge on any atom is 0.247 e. The molecule has 2 fully saturated rings. The number of aromatic nitrogens is 1. The highest BCUT2D eigenvalue weighted by Gasteiger charge is 2.64. The summed E-state index contributed by atoms with van der Waals surface area (Å²) in [5.74, 6) is -2.64. The molecule has 1 aromatic heterocycles. The number of hydrogen-bond donors (Lipinski definition) is 3.